The lowest BCUT2D eigenvalue weighted by Gasteiger charge is -2.33. The Bertz CT molecular complexity index is 1140. The summed E-state index contributed by atoms with van der Waals surface area (Å²) in [6, 6.07) is 4.95. The van der Waals surface area contributed by atoms with E-state index in [-0.39, 0.29) is 27.2 Å². The van der Waals surface area contributed by atoms with Gasteiger partial charge in [0.25, 0.3) is 11.9 Å². The predicted octanol–water partition coefficient (Wildman–Crippen LogP) is 4.43. The molecule has 0 radical (unpaired) electrons. The fraction of sp³-hybridized carbons (Fsp3) is 0.350. The maximum atomic E-state index is 13.0. The van der Waals surface area contributed by atoms with E-state index in [0.717, 1.165) is 17.8 Å². The van der Waals surface area contributed by atoms with Crippen molar-refractivity contribution in [2.24, 2.45) is 11.8 Å². The molecule has 1 aromatic heterocycles. The predicted molar refractivity (Wildman–Crippen MR) is 126 cm³/mol. The van der Waals surface area contributed by atoms with Crippen LogP contribution in [0.4, 0.5) is 0 Å². The van der Waals surface area contributed by atoms with E-state index in [1.165, 1.54) is 34.0 Å². The lowest BCUT2D eigenvalue weighted by molar-refractivity contribution is 0.0975. The van der Waals surface area contributed by atoms with Crippen molar-refractivity contribution >= 4 is 62.4 Å². The maximum Gasteiger partial charge on any atom is 0.295 e. The largest absolute Gasteiger partial charge is 0.407 e. The average molecular weight is 517 g/mol. The van der Waals surface area contributed by atoms with E-state index in [2.05, 4.69) is 5.32 Å². The minimum Gasteiger partial charge on any atom is -0.407 e. The topological polar surface area (TPSA) is 123 Å². The number of carbonyl (C=O) groups excluding carboxylic acids is 1. The molecule has 0 aliphatic carbocycles. The van der Waals surface area contributed by atoms with Gasteiger partial charge in [-0.2, -0.15) is 4.31 Å². The fourth-order valence-corrected chi connectivity index (χ4v) is 6.92. The van der Waals surface area contributed by atoms with Gasteiger partial charge in [0.15, 0.2) is 0 Å². The SMILES string of the molecule is C[C@@H]1C[C@H](C)CN(S(=O)(=O)c2csc(C(=O)NC(=N)OC(=N)c3cc(Cl)cc(Cl)c3)c2)C1. The van der Waals surface area contributed by atoms with Gasteiger partial charge >= 0.3 is 0 Å². The molecular weight excluding hydrogens is 495 g/mol. The second-order valence-corrected chi connectivity index (χ2v) is 11.5. The Hall–Kier alpha value is -1.98. The molecule has 1 fully saturated rings. The zero-order valence-electron chi connectivity index (χ0n) is 17.3. The monoisotopic (exact) mass is 516 g/mol. The van der Waals surface area contributed by atoms with E-state index in [4.69, 9.17) is 38.8 Å². The molecule has 0 saturated carbocycles. The molecule has 3 rings (SSSR count). The summed E-state index contributed by atoms with van der Waals surface area (Å²) < 4.78 is 32.4. The smallest absolute Gasteiger partial charge is 0.295 e. The summed E-state index contributed by atoms with van der Waals surface area (Å²) in [6.45, 7) is 4.92. The first-order valence-corrected chi connectivity index (χ1v) is 12.7. The molecule has 2 heterocycles. The van der Waals surface area contributed by atoms with Crippen LogP contribution in [0.1, 0.15) is 35.5 Å². The number of nitrogens with one attached hydrogen (secondary N) is 3. The summed E-state index contributed by atoms with van der Waals surface area (Å²) in [4.78, 5) is 12.6. The minimum absolute atomic E-state index is 0.0442. The van der Waals surface area contributed by atoms with E-state index in [9.17, 15) is 13.2 Å². The molecule has 0 bridgehead atoms. The molecule has 2 atom stereocenters. The van der Waals surface area contributed by atoms with Gasteiger partial charge < -0.3 is 4.74 Å². The number of hydrogen-bond acceptors (Lipinski definition) is 7. The van der Waals surface area contributed by atoms with Gasteiger partial charge in [-0.3, -0.25) is 20.9 Å². The molecule has 12 heteroatoms. The molecule has 32 heavy (non-hydrogen) atoms. The lowest BCUT2D eigenvalue weighted by Crippen LogP contribution is -2.42. The highest BCUT2D eigenvalue weighted by atomic mass is 35.5. The Balaban J connectivity index is 1.65. The van der Waals surface area contributed by atoms with Crippen LogP contribution in [0.2, 0.25) is 10.0 Å². The Labute approximate surface area is 200 Å². The van der Waals surface area contributed by atoms with Gasteiger partial charge in [0.2, 0.25) is 15.9 Å². The third-order valence-corrected chi connectivity index (χ3v) is 8.15. The standard InChI is InChI=1S/C20H22Cl2N4O4S2/c1-11-3-12(2)9-26(8-11)32(28,29)16-7-17(31-10-16)19(27)25-20(24)30-18(23)13-4-14(21)6-15(22)5-13/h4-7,10-12,23H,3,8-9H2,1-2H3,(H2,24,25,27)/t11-,12+. The number of halogens is 2. The van der Waals surface area contributed by atoms with Crippen molar-refractivity contribution in [2.75, 3.05) is 13.1 Å². The van der Waals surface area contributed by atoms with Crippen molar-refractivity contribution in [3.63, 3.8) is 0 Å². The summed E-state index contributed by atoms with van der Waals surface area (Å²) in [5, 5.41) is 19.9. The van der Waals surface area contributed by atoms with Gasteiger partial charge in [-0.1, -0.05) is 37.0 Å². The van der Waals surface area contributed by atoms with Crippen LogP contribution in [0.15, 0.2) is 34.5 Å². The molecule has 1 amide bonds. The molecule has 3 N–H and O–H groups in total. The number of thiophene rings is 1. The number of benzene rings is 1. The zero-order valence-corrected chi connectivity index (χ0v) is 20.5. The number of sulfonamides is 1. The normalized spacial score (nSPS) is 19.4. The van der Waals surface area contributed by atoms with Crippen molar-refractivity contribution < 1.29 is 17.9 Å². The highest BCUT2D eigenvalue weighted by Gasteiger charge is 2.32. The molecule has 1 saturated heterocycles. The summed E-state index contributed by atoms with van der Waals surface area (Å²) in [5.74, 6) is -0.615. The lowest BCUT2D eigenvalue weighted by atomic mass is 9.94. The molecular formula is C20H22Cl2N4O4S2. The number of carbonyl (C=O) groups is 1. The third kappa shape index (κ3) is 5.87. The van der Waals surface area contributed by atoms with Crippen LogP contribution in [-0.4, -0.2) is 43.6 Å². The van der Waals surface area contributed by atoms with E-state index in [0.29, 0.717) is 23.1 Å². The summed E-state index contributed by atoms with van der Waals surface area (Å²) in [7, 11) is -3.71. The number of amides is 1. The van der Waals surface area contributed by atoms with Gasteiger partial charge in [-0.25, -0.2) is 8.42 Å². The van der Waals surface area contributed by atoms with Crippen molar-refractivity contribution in [3.05, 3.63) is 50.1 Å². The molecule has 8 nitrogen and oxygen atoms in total. The van der Waals surface area contributed by atoms with Crippen molar-refractivity contribution in [1.29, 1.82) is 10.8 Å². The molecule has 172 valence electrons. The quantitative estimate of drug-likeness (QED) is 0.410. The summed E-state index contributed by atoms with van der Waals surface area (Å²) in [5.41, 5.74) is 0.232. The Morgan fingerprint density at radius 2 is 1.72 bits per heavy atom. The Kier molecular flexibility index (Phi) is 7.61. The van der Waals surface area contributed by atoms with Crippen LogP contribution in [0.3, 0.4) is 0 Å². The molecule has 0 unspecified atom stereocenters. The van der Waals surface area contributed by atoms with Crippen LogP contribution in [0.25, 0.3) is 0 Å². The number of nitrogens with zero attached hydrogens (tertiary/aromatic N) is 1. The number of rotatable bonds is 4. The first kappa shape index (κ1) is 24.7. The summed E-state index contributed by atoms with van der Waals surface area (Å²) in [6.07, 6.45) is 0.974. The number of hydrogen-bond donors (Lipinski definition) is 3. The Morgan fingerprint density at radius 3 is 2.31 bits per heavy atom. The van der Waals surface area contributed by atoms with Crippen molar-refractivity contribution in [3.8, 4) is 0 Å². The Morgan fingerprint density at radius 1 is 1.12 bits per heavy atom. The van der Waals surface area contributed by atoms with E-state index in [1.807, 2.05) is 13.8 Å². The number of ether oxygens (including phenoxy) is 1. The first-order chi connectivity index (χ1) is 15.0. The van der Waals surface area contributed by atoms with E-state index < -0.39 is 27.8 Å². The molecule has 1 aliphatic heterocycles. The second kappa shape index (κ2) is 9.88. The molecule has 1 aromatic carbocycles. The van der Waals surface area contributed by atoms with E-state index in [1.54, 1.807) is 0 Å². The van der Waals surface area contributed by atoms with Gasteiger partial charge in [-0.15, -0.1) is 11.3 Å². The fourth-order valence-electron chi connectivity index (χ4n) is 3.56. The first-order valence-electron chi connectivity index (χ1n) is 9.67. The second-order valence-electron chi connectivity index (χ2n) is 7.79. The van der Waals surface area contributed by atoms with Gasteiger partial charge in [0.05, 0.1) is 9.77 Å². The molecule has 0 spiro atoms. The van der Waals surface area contributed by atoms with Crippen LogP contribution in [-0.2, 0) is 14.8 Å². The highest BCUT2D eigenvalue weighted by molar-refractivity contribution is 7.89. The molecule has 1 aliphatic rings. The van der Waals surface area contributed by atoms with E-state index >= 15 is 0 Å². The number of amidine groups is 1. The van der Waals surface area contributed by atoms with Crippen LogP contribution < -0.4 is 5.32 Å². The van der Waals surface area contributed by atoms with Gasteiger partial charge in [-0.05, 0) is 42.5 Å². The highest BCUT2D eigenvalue weighted by Crippen LogP contribution is 2.29. The van der Waals surface area contributed by atoms with Gasteiger partial charge in [0, 0.05) is 34.1 Å². The molecule has 2 aromatic rings. The maximum absolute atomic E-state index is 13.0. The summed E-state index contributed by atoms with van der Waals surface area (Å²) >= 11 is 12.7. The van der Waals surface area contributed by atoms with Crippen LogP contribution >= 0.6 is 34.5 Å². The van der Waals surface area contributed by atoms with Crippen molar-refractivity contribution in [2.45, 2.75) is 25.2 Å². The van der Waals surface area contributed by atoms with Crippen LogP contribution in [0.5, 0.6) is 0 Å². The number of piperidine rings is 1. The zero-order chi connectivity index (χ0) is 23.6. The minimum atomic E-state index is -3.71. The van der Waals surface area contributed by atoms with Crippen LogP contribution in [0, 0.1) is 22.7 Å². The third-order valence-electron chi connectivity index (χ3n) is 4.83. The average Bonchev–Trinajstić information content (AvgIpc) is 3.17. The van der Waals surface area contributed by atoms with Crippen molar-refractivity contribution in [1.82, 2.24) is 9.62 Å². The van der Waals surface area contributed by atoms with Gasteiger partial charge in [0.1, 0.15) is 0 Å².